The van der Waals surface area contributed by atoms with Crippen LogP contribution in [0.1, 0.15) is 50.8 Å². The second-order valence-electron chi connectivity index (χ2n) is 7.57. The van der Waals surface area contributed by atoms with Crippen LogP contribution in [0.3, 0.4) is 0 Å². The van der Waals surface area contributed by atoms with E-state index in [1.54, 1.807) is 6.08 Å². The molecule has 8 heteroatoms. The number of hydrogen-bond donors (Lipinski definition) is 1. The number of carbonyl (C=O) groups is 1. The second kappa shape index (κ2) is 10.0. The number of amidine groups is 2. The summed E-state index contributed by atoms with van der Waals surface area (Å²) in [5.74, 6) is 0.779. The van der Waals surface area contributed by atoms with Gasteiger partial charge in [0.1, 0.15) is 11.1 Å². The van der Waals surface area contributed by atoms with Gasteiger partial charge in [-0.1, -0.05) is 43.3 Å². The number of aliphatic imine (C=N–C) groups is 1. The highest BCUT2D eigenvalue weighted by atomic mass is 32.2. The molecule has 0 aliphatic carbocycles. The van der Waals surface area contributed by atoms with Crippen LogP contribution in [0.4, 0.5) is 0 Å². The van der Waals surface area contributed by atoms with Gasteiger partial charge in [0, 0.05) is 0 Å². The highest BCUT2D eigenvalue weighted by Gasteiger charge is 2.35. The summed E-state index contributed by atoms with van der Waals surface area (Å²) >= 11 is 1.35. The van der Waals surface area contributed by atoms with Gasteiger partial charge in [-0.2, -0.15) is 15.1 Å². The Kier molecular flexibility index (Phi) is 6.93. The summed E-state index contributed by atoms with van der Waals surface area (Å²) < 4.78 is 12.0. The first kappa shape index (κ1) is 22.8. The van der Waals surface area contributed by atoms with Gasteiger partial charge >= 0.3 is 0 Å². The van der Waals surface area contributed by atoms with Crippen LogP contribution in [0, 0.1) is 5.41 Å². The second-order valence-corrected chi connectivity index (χ2v) is 8.61. The molecular weight excluding hydrogens is 436 g/mol. The summed E-state index contributed by atoms with van der Waals surface area (Å²) in [6, 6.07) is 15.4. The van der Waals surface area contributed by atoms with E-state index in [1.807, 2.05) is 62.4 Å². The number of hydrogen-bond acceptors (Lipinski definition) is 6. The van der Waals surface area contributed by atoms with E-state index < -0.39 is 5.91 Å². The molecule has 2 aromatic rings. The number of hydrazone groups is 1. The number of fused-ring (bicyclic) bond motifs is 1. The molecule has 1 unspecified atom stereocenters. The van der Waals surface area contributed by atoms with Crippen LogP contribution in [0.5, 0.6) is 11.5 Å². The SMILES string of the molecule is CCCC1=NN2C(=N)/C(=C\c3ccc(OC(C)c4ccccc4)c(OCC)c3)C(=O)N=C2S1. The lowest BCUT2D eigenvalue weighted by Crippen LogP contribution is -2.35. The number of benzene rings is 2. The van der Waals surface area contributed by atoms with Gasteiger partial charge in [0.15, 0.2) is 17.3 Å². The first-order valence-corrected chi connectivity index (χ1v) is 11.8. The molecule has 0 aromatic heterocycles. The average molecular weight is 463 g/mol. The number of nitrogens with zero attached hydrogens (tertiary/aromatic N) is 3. The molecule has 2 aliphatic heterocycles. The van der Waals surface area contributed by atoms with Crippen molar-refractivity contribution in [2.24, 2.45) is 10.1 Å². The van der Waals surface area contributed by atoms with Crippen molar-refractivity contribution in [1.29, 1.82) is 5.41 Å². The Morgan fingerprint density at radius 1 is 1.15 bits per heavy atom. The van der Waals surface area contributed by atoms with Crippen molar-refractivity contribution in [3.63, 3.8) is 0 Å². The van der Waals surface area contributed by atoms with E-state index in [4.69, 9.17) is 14.9 Å². The first-order chi connectivity index (χ1) is 16.0. The molecule has 7 nitrogen and oxygen atoms in total. The lowest BCUT2D eigenvalue weighted by molar-refractivity contribution is -0.114. The molecule has 1 N–H and O–H groups in total. The van der Waals surface area contributed by atoms with Gasteiger partial charge in [0.2, 0.25) is 5.17 Å². The fraction of sp³-hybridized carbons (Fsp3) is 0.280. The van der Waals surface area contributed by atoms with Crippen molar-refractivity contribution in [1.82, 2.24) is 5.01 Å². The minimum absolute atomic E-state index is 0.0274. The van der Waals surface area contributed by atoms with Crippen LogP contribution in [0.25, 0.3) is 6.08 Å². The van der Waals surface area contributed by atoms with Crippen molar-refractivity contribution in [3.8, 4) is 11.5 Å². The number of thioether (sulfide) groups is 1. The van der Waals surface area contributed by atoms with Crippen molar-refractivity contribution < 1.29 is 14.3 Å². The van der Waals surface area contributed by atoms with Crippen molar-refractivity contribution in [2.45, 2.75) is 39.7 Å². The molecule has 0 fully saturated rings. The lowest BCUT2D eigenvalue weighted by Gasteiger charge is -2.20. The number of nitrogens with one attached hydrogen (secondary N) is 1. The number of carbonyl (C=O) groups excluding carboxylic acids is 1. The van der Waals surface area contributed by atoms with Crippen molar-refractivity contribution in [3.05, 3.63) is 65.2 Å². The zero-order valence-corrected chi connectivity index (χ0v) is 19.7. The summed E-state index contributed by atoms with van der Waals surface area (Å²) in [6.07, 6.45) is 3.23. The van der Waals surface area contributed by atoms with Gasteiger partial charge in [-0.25, -0.2) is 0 Å². The summed E-state index contributed by atoms with van der Waals surface area (Å²) in [5, 5.41) is 15.7. The molecule has 2 heterocycles. The van der Waals surface area contributed by atoms with Gasteiger partial charge in [0.25, 0.3) is 5.91 Å². The van der Waals surface area contributed by atoms with Gasteiger partial charge in [-0.15, -0.1) is 0 Å². The van der Waals surface area contributed by atoms with Gasteiger partial charge < -0.3 is 9.47 Å². The van der Waals surface area contributed by atoms with E-state index >= 15 is 0 Å². The van der Waals surface area contributed by atoms with Crippen LogP contribution in [0.15, 0.2) is 64.2 Å². The van der Waals surface area contributed by atoms with Crippen LogP contribution < -0.4 is 9.47 Å². The van der Waals surface area contributed by atoms with E-state index in [0.717, 1.165) is 29.0 Å². The maximum Gasteiger partial charge on any atom is 0.283 e. The molecule has 0 bridgehead atoms. The van der Waals surface area contributed by atoms with E-state index in [0.29, 0.717) is 23.3 Å². The molecule has 0 saturated heterocycles. The van der Waals surface area contributed by atoms with Crippen LogP contribution >= 0.6 is 11.8 Å². The Morgan fingerprint density at radius 3 is 2.67 bits per heavy atom. The highest BCUT2D eigenvalue weighted by Crippen LogP contribution is 2.34. The van der Waals surface area contributed by atoms with Gasteiger partial charge in [-0.05, 0) is 67.8 Å². The largest absolute Gasteiger partial charge is 0.490 e. The Hall–Kier alpha value is -3.39. The standard InChI is InChI=1S/C25H26N4O3S/c1-4-9-22-28-29-23(26)19(24(30)27-25(29)33-22)14-17-12-13-20(21(15-17)31-5-2)32-16(3)18-10-7-6-8-11-18/h6-8,10-16,26H,4-5,9H2,1-3H3/b19-14+,26-23?. The fourth-order valence-electron chi connectivity index (χ4n) is 3.48. The molecule has 4 rings (SSSR count). The summed E-state index contributed by atoms with van der Waals surface area (Å²) in [6.45, 7) is 6.43. The molecule has 170 valence electrons. The summed E-state index contributed by atoms with van der Waals surface area (Å²) in [7, 11) is 0. The third kappa shape index (κ3) is 5.01. The minimum Gasteiger partial charge on any atom is -0.490 e. The number of ether oxygens (including phenoxy) is 2. The third-order valence-corrected chi connectivity index (χ3v) is 6.08. The number of rotatable bonds is 8. The van der Waals surface area contributed by atoms with Crippen LogP contribution in [0.2, 0.25) is 0 Å². The maximum absolute atomic E-state index is 12.7. The number of amides is 1. The van der Waals surface area contributed by atoms with Crippen molar-refractivity contribution >= 4 is 39.8 Å². The van der Waals surface area contributed by atoms with E-state index in [9.17, 15) is 4.79 Å². The monoisotopic (exact) mass is 462 g/mol. The zero-order valence-electron chi connectivity index (χ0n) is 18.9. The highest BCUT2D eigenvalue weighted by molar-refractivity contribution is 8.26. The predicted octanol–water partition coefficient (Wildman–Crippen LogP) is 5.64. The Labute approximate surface area is 197 Å². The predicted molar refractivity (Wildman–Crippen MR) is 133 cm³/mol. The first-order valence-electron chi connectivity index (χ1n) is 11.0. The van der Waals surface area contributed by atoms with Gasteiger partial charge in [-0.3, -0.25) is 10.2 Å². The summed E-state index contributed by atoms with van der Waals surface area (Å²) in [4.78, 5) is 16.8. The molecule has 0 spiro atoms. The molecule has 0 radical (unpaired) electrons. The van der Waals surface area contributed by atoms with E-state index in [2.05, 4.69) is 17.0 Å². The third-order valence-electron chi connectivity index (χ3n) is 5.11. The fourth-order valence-corrected chi connectivity index (χ4v) is 4.46. The lowest BCUT2D eigenvalue weighted by atomic mass is 10.1. The van der Waals surface area contributed by atoms with E-state index in [-0.39, 0.29) is 17.5 Å². The van der Waals surface area contributed by atoms with Crippen LogP contribution in [-0.2, 0) is 4.79 Å². The average Bonchev–Trinajstić information content (AvgIpc) is 3.21. The smallest absolute Gasteiger partial charge is 0.283 e. The molecule has 2 aliphatic rings. The molecular formula is C25H26N4O3S. The molecule has 1 amide bonds. The molecule has 2 aromatic carbocycles. The molecule has 0 saturated carbocycles. The Bertz CT molecular complexity index is 1160. The maximum atomic E-state index is 12.7. The normalized spacial score (nSPS) is 17.5. The van der Waals surface area contributed by atoms with Gasteiger partial charge in [0.05, 0.1) is 12.2 Å². The summed E-state index contributed by atoms with van der Waals surface area (Å²) in [5.41, 5.74) is 1.97. The van der Waals surface area contributed by atoms with Crippen LogP contribution in [-0.4, -0.2) is 33.6 Å². The minimum atomic E-state index is -0.442. The zero-order chi connectivity index (χ0) is 23.4. The van der Waals surface area contributed by atoms with Crippen molar-refractivity contribution in [2.75, 3.05) is 6.61 Å². The Balaban J connectivity index is 1.60. The molecule has 1 atom stereocenters. The molecule has 33 heavy (non-hydrogen) atoms. The Morgan fingerprint density at radius 2 is 1.94 bits per heavy atom. The topological polar surface area (TPSA) is 87.3 Å². The quantitative estimate of drug-likeness (QED) is 0.513. The van der Waals surface area contributed by atoms with E-state index in [1.165, 1.54) is 16.8 Å².